The van der Waals surface area contributed by atoms with Gasteiger partial charge in [-0.25, -0.2) is 0 Å². The van der Waals surface area contributed by atoms with Crippen molar-refractivity contribution in [2.24, 2.45) is 0 Å². The van der Waals surface area contributed by atoms with E-state index in [0.717, 1.165) is 30.5 Å². The second-order valence-electron chi connectivity index (χ2n) is 5.89. The first-order valence-electron chi connectivity index (χ1n) is 7.54. The van der Waals surface area contributed by atoms with Gasteiger partial charge in [0.25, 0.3) is 0 Å². The number of aromatic nitrogens is 1. The number of aromatic amines is 1. The van der Waals surface area contributed by atoms with Gasteiger partial charge in [0.1, 0.15) is 5.60 Å². The Hall–Kier alpha value is -1.81. The molecule has 21 heavy (non-hydrogen) atoms. The number of ether oxygens (including phenoxy) is 1. The van der Waals surface area contributed by atoms with Crippen LogP contribution < -0.4 is 0 Å². The number of aliphatic carboxylic acids is 1. The molecule has 0 radical (unpaired) electrons. The number of hydrogen-bond donors (Lipinski definition) is 2. The molecule has 1 aliphatic heterocycles. The summed E-state index contributed by atoms with van der Waals surface area (Å²) in [7, 11) is 0. The lowest BCUT2D eigenvalue weighted by atomic mass is 9.84. The van der Waals surface area contributed by atoms with Crippen LogP contribution in [0.5, 0.6) is 0 Å². The molecule has 3 rings (SSSR count). The molecule has 0 spiro atoms. The van der Waals surface area contributed by atoms with Crippen molar-refractivity contribution < 1.29 is 14.6 Å². The van der Waals surface area contributed by atoms with Crippen molar-refractivity contribution >= 4 is 16.9 Å². The zero-order valence-electron chi connectivity index (χ0n) is 12.5. The van der Waals surface area contributed by atoms with Gasteiger partial charge in [-0.1, -0.05) is 25.5 Å². The zero-order chi connectivity index (χ0) is 15.0. The Kier molecular flexibility index (Phi) is 3.49. The molecule has 2 heterocycles. The van der Waals surface area contributed by atoms with Gasteiger partial charge in [0.2, 0.25) is 0 Å². The van der Waals surface area contributed by atoms with Crippen LogP contribution in [-0.4, -0.2) is 22.7 Å². The van der Waals surface area contributed by atoms with Gasteiger partial charge in [-0.05, 0) is 37.0 Å². The molecule has 0 bridgehead atoms. The average molecular weight is 287 g/mol. The summed E-state index contributed by atoms with van der Waals surface area (Å²) in [4.78, 5) is 14.8. The van der Waals surface area contributed by atoms with Crippen LogP contribution in [0.2, 0.25) is 0 Å². The summed E-state index contributed by atoms with van der Waals surface area (Å²) in [5.74, 6) is -0.813. The number of aryl methyl sites for hydroxylation is 1. The molecular weight excluding hydrogens is 266 g/mol. The molecule has 0 saturated carbocycles. The van der Waals surface area contributed by atoms with Crippen molar-refractivity contribution in [3.8, 4) is 0 Å². The van der Waals surface area contributed by atoms with Crippen LogP contribution in [0.1, 0.15) is 43.0 Å². The Morgan fingerprint density at radius 1 is 1.48 bits per heavy atom. The Morgan fingerprint density at radius 2 is 2.29 bits per heavy atom. The first kappa shape index (κ1) is 14.1. The third kappa shape index (κ3) is 2.23. The van der Waals surface area contributed by atoms with E-state index in [1.165, 1.54) is 16.5 Å². The van der Waals surface area contributed by atoms with E-state index in [1.807, 2.05) is 6.07 Å². The maximum absolute atomic E-state index is 11.3. The fourth-order valence-corrected chi connectivity index (χ4v) is 3.64. The minimum Gasteiger partial charge on any atom is -0.481 e. The van der Waals surface area contributed by atoms with Gasteiger partial charge < -0.3 is 14.8 Å². The SMILES string of the molecule is CCCC1(CC(=O)O)OCCc2c1[nH]c1cccc(C)c21. The molecule has 1 aromatic heterocycles. The smallest absolute Gasteiger partial charge is 0.306 e. The third-order valence-corrected chi connectivity index (χ3v) is 4.41. The van der Waals surface area contributed by atoms with Crippen molar-refractivity contribution in [2.75, 3.05) is 6.61 Å². The average Bonchev–Trinajstić information content (AvgIpc) is 2.80. The molecule has 112 valence electrons. The molecule has 4 heteroatoms. The predicted octanol–water partition coefficient (Wildman–Crippen LogP) is 3.52. The highest BCUT2D eigenvalue weighted by atomic mass is 16.5. The van der Waals surface area contributed by atoms with E-state index in [4.69, 9.17) is 4.74 Å². The monoisotopic (exact) mass is 287 g/mol. The van der Waals surface area contributed by atoms with Crippen molar-refractivity contribution in [3.05, 3.63) is 35.0 Å². The summed E-state index contributed by atoms with van der Waals surface area (Å²) < 4.78 is 6.00. The first-order valence-corrected chi connectivity index (χ1v) is 7.54. The van der Waals surface area contributed by atoms with Gasteiger partial charge in [0.15, 0.2) is 0 Å². The second-order valence-corrected chi connectivity index (χ2v) is 5.89. The lowest BCUT2D eigenvalue weighted by Crippen LogP contribution is -2.37. The van der Waals surface area contributed by atoms with Crippen LogP contribution in [0.25, 0.3) is 10.9 Å². The van der Waals surface area contributed by atoms with Crippen LogP contribution in [0, 0.1) is 6.92 Å². The maximum Gasteiger partial charge on any atom is 0.306 e. The Labute approximate surface area is 124 Å². The van der Waals surface area contributed by atoms with E-state index in [-0.39, 0.29) is 6.42 Å². The van der Waals surface area contributed by atoms with Crippen molar-refractivity contribution in [1.82, 2.24) is 4.98 Å². The number of carboxylic acid groups (broad SMARTS) is 1. The van der Waals surface area contributed by atoms with Crippen molar-refractivity contribution in [2.45, 2.75) is 45.1 Å². The fourth-order valence-electron chi connectivity index (χ4n) is 3.64. The quantitative estimate of drug-likeness (QED) is 0.904. The van der Waals surface area contributed by atoms with Crippen LogP contribution in [0.4, 0.5) is 0 Å². The standard InChI is InChI=1S/C17H21NO3/c1-3-8-17(10-14(19)20)16-12(7-9-21-17)15-11(2)5-4-6-13(15)18-16/h4-6,18H,3,7-10H2,1-2H3,(H,19,20). The summed E-state index contributed by atoms with van der Waals surface area (Å²) in [6.07, 6.45) is 2.46. The van der Waals surface area contributed by atoms with Crippen LogP contribution in [0.15, 0.2) is 18.2 Å². The molecule has 0 saturated heterocycles. The van der Waals surface area contributed by atoms with E-state index in [2.05, 4.69) is 31.0 Å². The molecule has 2 N–H and O–H groups in total. The largest absolute Gasteiger partial charge is 0.481 e. The lowest BCUT2D eigenvalue weighted by Gasteiger charge is -2.36. The number of carbonyl (C=O) groups is 1. The van der Waals surface area contributed by atoms with Gasteiger partial charge in [-0.2, -0.15) is 0 Å². The van der Waals surface area contributed by atoms with E-state index in [9.17, 15) is 9.90 Å². The molecular formula is C17H21NO3. The first-order chi connectivity index (χ1) is 10.1. The van der Waals surface area contributed by atoms with Gasteiger partial charge in [0.05, 0.1) is 18.7 Å². The van der Waals surface area contributed by atoms with E-state index >= 15 is 0 Å². The van der Waals surface area contributed by atoms with E-state index in [1.54, 1.807) is 0 Å². The molecule has 1 aromatic carbocycles. The number of carboxylic acids is 1. The lowest BCUT2D eigenvalue weighted by molar-refractivity contribution is -0.149. The highest BCUT2D eigenvalue weighted by molar-refractivity contribution is 5.88. The molecule has 4 nitrogen and oxygen atoms in total. The van der Waals surface area contributed by atoms with Crippen molar-refractivity contribution in [3.63, 3.8) is 0 Å². The molecule has 1 atom stereocenters. The minimum atomic E-state index is -0.813. The molecule has 0 aliphatic carbocycles. The van der Waals surface area contributed by atoms with Crippen LogP contribution in [-0.2, 0) is 21.6 Å². The van der Waals surface area contributed by atoms with Crippen LogP contribution in [0.3, 0.4) is 0 Å². The molecule has 0 fully saturated rings. The van der Waals surface area contributed by atoms with Gasteiger partial charge in [0, 0.05) is 10.9 Å². The zero-order valence-corrected chi connectivity index (χ0v) is 12.5. The summed E-state index contributed by atoms with van der Waals surface area (Å²) >= 11 is 0. The van der Waals surface area contributed by atoms with Gasteiger partial charge in [-0.15, -0.1) is 0 Å². The predicted molar refractivity (Wildman–Crippen MR) is 81.5 cm³/mol. The Morgan fingerprint density at radius 3 is 3.00 bits per heavy atom. The number of H-pyrrole nitrogens is 1. The normalized spacial score (nSPS) is 21.4. The summed E-state index contributed by atoms with van der Waals surface area (Å²) in [5.41, 5.74) is 3.81. The van der Waals surface area contributed by atoms with Gasteiger partial charge in [-0.3, -0.25) is 4.79 Å². The number of rotatable bonds is 4. The number of benzene rings is 1. The maximum atomic E-state index is 11.3. The number of nitrogens with one attached hydrogen (secondary N) is 1. The van der Waals surface area contributed by atoms with E-state index in [0.29, 0.717) is 6.61 Å². The third-order valence-electron chi connectivity index (χ3n) is 4.41. The second kappa shape index (κ2) is 5.19. The van der Waals surface area contributed by atoms with E-state index < -0.39 is 11.6 Å². The summed E-state index contributed by atoms with van der Waals surface area (Å²) in [6, 6.07) is 6.18. The number of hydrogen-bond acceptors (Lipinski definition) is 2. The fraction of sp³-hybridized carbons (Fsp3) is 0.471. The molecule has 0 amide bonds. The topological polar surface area (TPSA) is 62.3 Å². The summed E-state index contributed by atoms with van der Waals surface area (Å²) in [5, 5.41) is 10.6. The van der Waals surface area contributed by atoms with Crippen molar-refractivity contribution in [1.29, 1.82) is 0 Å². The number of fused-ring (bicyclic) bond motifs is 3. The Bertz CT molecular complexity index is 689. The minimum absolute atomic E-state index is 0.0136. The van der Waals surface area contributed by atoms with Gasteiger partial charge >= 0.3 is 5.97 Å². The van der Waals surface area contributed by atoms with Crippen LogP contribution >= 0.6 is 0 Å². The molecule has 1 unspecified atom stereocenters. The summed E-state index contributed by atoms with van der Waals surface area (Å²) in [6.45, 7) is 4.75. The Balaban J connectivity index is 2.22. The molecule has 2 aromatic rings. The molecule has 1 aliphatic rings. The highest BCUT2D eigenvalue weighted by Gasteiger charge is 2.41. The highest BCUT2D eigenvalue weighted by Crippen LogP contribution is 2.42.